The van der Waals surface area contributed by atoms with E-state index in [0.29, 0.717) is 22.6 Å². The number of anilines is 1. The number of hydrogen-bond acceptors (Lipinski definition) is 3. The molecular weight excluding hydrogens is 441 g/mol. The second-order valence-corrected chi connectivity index (χ2v) is 9.13. The number of amides is 1. The molecule has 1 N–H and O–H groups in total. The van der Waals surface area contributed by atoms with Gasteiger partial charge in [-0.05, 0) is 81.1 Å². The van der Waals surface area contributed by atoms with Crippen LogP contribution in [0.5, 0.6) is 0 Å². The van der Waals surface area contributed by atoms with Crippen molar-refractivity contribution in [3.8, 4) is 5.69 Å². The number of alkyl halides is 3. The SMILES string of the molecule is O=C(Nc1ccc(CCN2CCCC2)cc1)c1cnn(-c2cccc(C(F)(F)F)c2)c1C1CC1. The number of likely N-dealkylation sites (tertiary alicyclic amines) is 1. The number of carbonyl (C=O) groups excluding carboxylic acids is 1. The van der Waals surface area contributed by atoms with Crippen molar-refractivity contribution in [1.82, 2.24) is 14.7 Å². The molecule has 0 spiro atoms. The predicted octanol–water partition coefficient (Wildman–Crippen LogP) is 5.66. The minimum absolute atomic E-state index is 0.116. The molecular formula is C26H27F3N4O. The minimum atomic E-state index is -4.44. The summed E-state index contributed by atoms with van der Waals surface area (Å²) in [4.78, 5) is 15.5. The Bertz CT molecular complexity index is 1160. The molecule has 1 saturated heterocycles. The van der Waals surface area contributed by atoms with E-state index in [4.69, 9.17) is 0 Å². The predicted molar refractivity (Wildman–Crippen MR) is 124 cm³/mol. The maximum Gasteiger partial charge on any atom is 0.416 e. The molecule has 0 radical (unpaired) electrons. The second kappa shape index (κ2) is 9.25. The number of carbonyl (C=O) groups is 1. The highest BCUT2D eigenvalue weighted by molar-refractivity contribution is 6.05. The Morgan fingerprint density at radius 2 is 1.79 bits per heavy atom. The minimum Gasteiger partial charge on any atom is -0.322 e. The van der Waals surface area contributed by atoms with Gasteiger partial charge in [0, 0.05) is 18.2 Å². The molecule has 5 rings (SSSR count). The van der Waals surface area contributed by atoms with Crippen LogP contribution in [0.4, 0.5) is 18.9 Å². The lowest BCUT2D eigenvalue weighted by Gasteiger charge is -2.14. The first-order valence-corrected chi connectivity index (χ1v) is 11.8. The van der Waals surface area contributed by atoms with E-state index >= 15 is 0 Å². The van der Waals surface area contributed by atoms with Crippen molar-refractivity contribution in [1.29, 1.82) is 0 Å². The lowest BCUT2D eigenvalue weighted by molar-refractivity contribution is -0.137. The monoisotopic (exact) mass is 468 g/mol. The molecule has 8 heteroatoms. The molecule has 1 amide bonds. The van der Waals surface area contributed by atoms with E-state index in [0.717, 1.165) is 37.9 Å². The van der Waals surface area contributed by atoms with Crippen LogP contribution in [0.2, 0.25) is 0 Å². The largest absolute Gasteiger partial charge is 0.416 e. The molecule has 2 heterocycles. The van der Waals surface area contributed by atoms with Gasteiger partial charge in [-0.3, -0.25) is 4.79 Å². The highest BCUT2D eigenvalue weighted by atomic mass is 19.4. The van der Waals surface area contributed by atoms with Crippen molar-refractivity contribution in [3.63, 3.8) is 0 Å². The van der Waals surface area contributed by atoms with Gasteiger partial charge in [0.05, 0.1) is 28.7 Å². The molecule has 5 nitrogen and oxygen atoms in total. The number of nitrogens with one attached hydrogen (secondary N) is 1. The first-order chi connectivity index (χ1) is 16.4. The lowest BCUT2D eigenvalue weighted by Crippen LogP contribution is -2.21. The van der Waals surface area contributed by atoms with Crippen LogP contribution in [0.3, 0.4) is 0 Å². The molecule has 0 atom stereocenters. The number of nitrogens with zero attached hydrogens (tertiary/aromatic N) is 3. The molecule has 2 aliphatic rings. The first kappa shape index (κ1) is 22.7. The average molecular weight is 469 g/mol. The molecule has 0 bridgehead atoms. The zero-order chi connectivity index (χ0) is 23.7. The van der Waals surface area contributed by atoms with E-state index < -0.39 is 11.7 Å². The fourth-order valence-electron chi connectivity index (χ4n) is 4.55. The molecule has 1 saturated carbocycles. The molecule has 0 unspecified atom stereocenters. The smallest absolute Gasteiger partial charge is 0.322 e. The molecule has 1 aliphatic carbocycles. The maximum absolute atomic E-state index is 13.2. The number of aromatic nitrogens is 2. The van der Waals surface area contributed by atoms with Gasteiger partial charge in [-0.25, -0.2) is 4.68 Å². The summed E-state index contributed by atoms with van der Waals surface area (Å²) in [5.74, 6) is -0.185. The summed E-state index contributed by atoms with van der Waals surface area (Å²) in [6.07, 6.45) is 2.31. The van der Waals surface area contributed by atoms with E-state index in [1.54, 1.807) is 6.07 Å². The summed E-state index contributed by atoms with van der Waals surface area (Å²) >= 11 is 0. The van der Waals surface area contributed by atoms with Crippen LogP contribution in [0.1, 0.15) is 58.8 Å². The molecule has 2 fully saturated rings. The van der Waals surface area contributed by atoms with Crippen LogP contribution >= 0.6 is 0 Å². The van der Waals surface area contributed by atoms with Crippen LogP contribution in [0, 0.1) is 0 Å². The Kier molecular flexibility index (Phi) is 6.16. The van der Waals surface area contributed by atoms with E-state index in [-0.39, 0.29) is 11.8 Å². The third-order valence-electron chi connectivity index (χ3n) is 6.56. The van der Waals surface area contributed by atoms with E-state index in [2.05, 4.69) is 15.3 Å². The maximum atomic E-state index is 13.2. The topological polar surface area (TPSA) is 50.2 Å². The first-order valence-electron chi connectivity index (χ1n) is 11.8. The summed E-state index contributed by atoms with van der Waals surface area (Å²) in [6.45, 7) is 3.39. The van der Waals surface area contributed by atoms with Crippen molar-refractivity contribution in [3.05, 3.63) is 77.1 Å². The van der Waals surface area contributed by atoms with E-state index in [9.17, 15) is 18.0 Å². The Morgan fingerprint density at radius 3 is 2.47 bits per heavy atom. The standard InChI is InChI=1S/C26H27F3N4O/c27-26(28,29)20-4-3-5-22(16-20)33-24(19-8-9-19)23(17-30-33)25(34)31-21-10-6-18(7-11-21)12-15-32-13-1-2-14-32/h3-7,10-11,16-17,19H,1-2,8-9,12-15H2,(H,31,34). The van der Waals surface area contributed by atoms with Crippen LogP contribution in [0.25, 0.3) is 5.69 Å². The Labute approximate surface area is 196 Å². The van der Waals surface area contributed by atoms with E-state index in [1.165, 1.54) is 48.4 Å². The van der Waals surface area contributed by atoms with Gasteiger partial charge in [0.1, 0.15) is 0 Å². The highest BCUT2D eigenvalue weighted by Crippen LogP contribution is 2.43. The quantitative estimate of drug-likeness (QED) is 0.487. The summed E-state index contributed by atoms with van der Waals surface area (Å²) in [5, 5.41) is 7.22. The Balaban J connectivity index is 1.31. The highest BCUT2D eigenvalue weighted by Gasteiger charge is 2.34. The van der Waals surface area contributed by atoms with E-state index in [1.807, 2.05) is 24.3 Å². The normalized spacial score (nSPS) is 16.7. The number of halogens is 3. The average Bonchev–Trinajstić information content (AvgIpc) is 3.34. The second-order valence-electron chi connectivity index (χ2n) is 9.13. The van der Waals surface area contributed by atoms with Crippen molar-refractivity contribution >= 4 is 11.6 Å². The summed E-state index contributed by atoms with van der Waals surface area (Å²) in [7, 11) is 0. The van der Waals surface area contributed by atoms with Gasteiger partial charge >= 0.3 is 6.18 Å². The van der Waals surface area contributed by atoms with Crippen molar-refractivity contribution in [2.45, 2.75) is 44.2 Å². The van der Waals surface area contributed by atoms with Gasteiger partial charge in [-0.2, -0.15) is 18.3 Å². The van der Waals surface area contributed by atoms with Gasteiger partial charge in [-0.15, -0.1) is 0 Å². The molecule has 3 aromatic rings. The van der Waals surface area contributed by atoms with Crippen LogP contribution < -0.4 is 5.32 Å². The van der Waals surface area contributed by atoms with Crippen LogP contribution in [-0.4, -0.2) is 40.2 Å². The van der Waals surface area contributed by atoms with Gasteiger partial charge in [0.2, 0.25) is 0 Å². The Morgan fingerprint density at radius 1 is 1.06 bits per heavy atom. The molecule has 34 heavy (non-hydrogen) atoms. The van der Waals surface area contributed by atoms with Crippen molar-refractivity contribution in [2.75, 3.05) is 25.0 Å². The van der Waals surface area contributed by atoms with Crippen LogP contribution in [-0.2, 0) is 12.6 Å². The lowest BCUT2D eigenvalue weighted by atomic mass is 10.1. The van der Waals surface area contributed by atoms with Gasteiger partial charge in [-0.1, -0.05) is 18.2 Å². The number of benzene rings is 2. The Hall–Kier alpha value is -3.13. The molecule has 178 valence electrons. The number of hydrogen-bond donors (Lipinski definition) is 1. The van der Waals surface area contributed by atoms with Gasteiger partial charge in [0.15, 0.2) is 0 Å². The number of rotatable bonds is 7. The summed E-state index contributed by atoms with van der Waals surface area (Å²) < 4.78 is 41.0. The fraction of sp³-hybridized carbons (Fsp3) is 0.385. The third kappa shape index (κ3) is 5.01. The molecule has 2 aromatic carbocycles. The van der Waals surface area contributed by atoms with Gasteiger partial charge < -0.3 is 10.2 Å². The zero-order valence-corrected chi connectivity index (χ0v) is 18.8. The molecule has 1 aromatic heterocycles. The molecule has 1 aliphatic heterocycles. The van der Waals surface area contributed by atoms with Crippen molar-refractivity contribution < 1.29 is 18.0 Å². The fourth-order valence-corrected chi connectivity index (χ4v) is 4.55. The van der Waals surface area contributed by atoms with Gasteiger partial charge in [0.25, 0.3) is 5.91 Å². The van der Waals surface area contributed by atoms with Crippen molar-refractivity contribution in [2.24, 2.45) is 0 Å². The third-order valence-corrected chi connectivity index (χ3v) is 6.56. The van der Waals surface area contributed by atoms with Crippen LogP contribution in [0.15, 0.2) is 54.7 Å². The zero-order valence-electron chi connectivity index (χ0n) is 18.8. The summed E-state index contributed by atoms with van der Waals surface area (Å²) in [6, 6.07) is 12.9. The summed E-state index contributed by atoms with van der Waals surface area (Å²) in [5.41, 5.74) is 2.54.